The molecule has 1 saturated heterocycles. The number of hydrogen-bond acceptors (Lipinski definition) is 7. The minimum absolute atomic E-state index is 0.0347. The SMILES string of the molecule is C#Cc1cc(CNC(=O)/C=C/c2ccc(C(F)(F)F)nc2N2CCCC(C(=O)OCC)C2)cc(F)c1NS(C)(=O)=O. The molecule has 3 rings (SSSR count). The van der Waals surface area contributed by atoms with Crippen LogP contribution >= 0.6 is 0 Å². The topological polar surface area (TPSA) is 118 Å². The molecule has 1 aliphatic heterocycles. The number of benzene rings is 1. The van der Waals surface area contributed by atoms with Crippen molar-refractivity contribution in [3.8, 4) is 12.3 Å². The van der Waals surface area contributed by atoms with Crippen molar-refractivity contribution < 1.29 is 40.3 Å². The number of pyridine rings is 1. The molecule has 2 aromatic rings. The molecule has 2 N–H and O–H groups in total. The molecule has 1 amide bonds. The molecule has 9 nitrogen and oxygen atoms in total. The van der Waals surface area contributed by atoms with Crippen LogP contribution in [0, 0.1) is 24.1 Å². The van der Waals surface area contributed by atoms with Gasteiger partial charge in [0, 0.05) is 31.3 Å². The number of ether oxygens (including phenoxy) is 1. The number of anilines is 2. The van der Waals surface area contributed by atoms with Gasteiger partial charge in [-0.15, -0.1) is 6.42 Å². The standard InChI is InChI=1S/C27H28F4N4O5S/c1-4-18-13-17(14-21(28)24(18)34-41(3,38)39)15-32-23(36)11-9-19-8-10-22(27(29,30)31)33-25(19)35-12-6-7-20(16-35)26(37)40-5-2/h1,8-11,13-14,20,34H,5-7,12,15-16H2,2-3H3,(H,32,36)/b11-9+. The van der Waals surface area contributed by atoms with Gasteiger partial charge in [0.2, 0.25) is 15.9 Å². The normalized spacial score (nSPS) is 15.8. The maximum absolute atomic E-state index is 14.5. The van der Waals surface area contributed by atoms with E-state index in [0.29, 0.717) is 19.4 Å². The molecule has 0 spiro atoms. The van der Waals surface area contributed by atoms with E-state index in [1.807, 2.05) is 4.72 Å². The second-order valence-corrected chi connectivity index (χ2v) is 11.0. The first kappa shape index (κ1) is 31.4. The van der Waals surface area contributed by atoms with Gasteiger partial charge in [-0.2, -0.15) is 13.2 Å². The monoisotopic (exact) mass is 596 g/mol. The second-order valence-electron chi connectivity index (χ2n) is 9.21. The summed E-state index contributed by atoms with van der Waals surface area (Å²) in [5, 5.41) is 2.51. The molecule has 41 heavy (non-hydrogen) atoms. The van der Waals surface area contributed by atoms with Gasteiger partial charge in [0.15, 0.2) is 0 Å². The predicted octanol–water partition coefficient (Wildman–Crippen LogP) is 3.70. The number of nitrogens with zero attached hydrogens (tertiary/aromatic N) is 2. The Balaban J connectivity index is 1.80. The summed E-state index contributed by atoms with van der Waals surface area (Å²) in [5.41, 5.74) is -1.12. The fraction of sp³-hybridized carbons (Fsp3) is 0.370. The molecule has 1 aromatic carbocycles. The van der Waals surface area contributed by atoms with E-state index in [2.05, 4.69) is 16.2 Å². The fourth-order valence-electron chi connectivity index (χ4n) is 4.20. The van der Waals surface area contributed by atoms with Gasteiger partial charge in [0.1, 0.15) is 17.3 Å². The lowest BCUT2D eigenvalue weighted by Gasteiger charge is -2.33. The van der Waals surface area contributed by atoms with Crippen molar-refractivity contribution in [2.24, 2.45) is 5.92 Å². The van der Waals surface area contributed by atoms with E-state index < -0.39 is 51.2 Å². The summed E-state index contributed by atoms with van der Waals surface area (Å²) in [6.07, 6.45) is 4.93. The summed E-state index contributed by atoms with van der Waals surface area (Å²) in [5.74, 6) is -0.409. The molecule has 1 aromatic heterocycles. The van der Waals surface area contributed by atoms with Crippen LogP contribution < -0.4 is 14.9 Å². The summed E-state index contributed by atoms with van der Waals surface area (Å²) in [6.45, 7) is 2.12. The number of carbonyl (C=O) groups is 2. The van der Waals surface area contributed by atoms with E-state index >= 15 is 0 Å². The quantitative estimate of drug-likeness (QED) is 0.196. The molecule has 220 valence electrons. The summed E-state index contributed by atoms with van der Waals surface area (Å²) < 4.78 is 84.8. The second kappa shape index (κ2) is 13.0. The van der Waals surface area contributed by atoms with E-state index in [1.54, 1.807) is 11.8 Å². The number of nitrogens with one attached hydrogen (secondary N) is 2. The van der Waals surface area contributed by atoms with Gasteiger partial charge >= 0.3 is 12.1 Å². The number of amides is 1. The number of piperidine rings is 1. The van der Waals surface area contributed by atoms with Crippen molar-refractivity contribution in [3.05, 3.63) is 58.5 Å². The lowest BCUT2D eigenvalue weighted by Crippen LogP contribution is -2.40. The van der Waals surface area contributed by atoms with Crippen LogP contribution in [-0.2, 0) is 37.1 Å². The van der Waals surface area contributed by atoms with E-state index in [4.69, 9.17) is 11.2 Å². The number of rotatable bonds is 9. The predicted molar refractivity (Wildman–Crippen MR) is 144 cm³/mol. The highest BCUT2D eigenvalue weighted by Crippen LogP contribution is 2.33. The first-order chi connectivity index (χ1) is 19.2. The average molecular weight is 597 g/mol. The number of aromatic nitrogens is 1. The van der Waals surface area contributed by atoms with Gasteiger partial charge < -0.3 is 15.0 Å². The Hall–Kier alpha value is -4.12. The Bertz CT molecular complexity index is 1490. The van der Waals surface area contributed by atoms with E-state index in [-0.39, 0.29) is 42.2 Å². The van der Waals surface area contributed by atoms with Crippen LogP contribution in [0.1, 0.15) is 42.1 Å². The van der Waals surface area contributed by atoms with Crippen LogP contribution in [0.4, 0.5) is 29.1 Å². The highest BCUT2D eigenvalue weighted by Gasteiger charge is 2.35. The van der Waals surface area contributed by atoms with Crippen molar-refractivity contribution >= 4 is 39.5 Å². The summed E-state index contributed by atoms with van der Waals surface area (Å²) in [7, 11) is -3.80. The lowest BCUT2D eigenvalue weighted by atomic mass is 9.97. The van der Waals surface area contributed by atoms with Crippen molar-refractivity contribution in [2.45, 2.75) is 32.5 Å². The minimum Gasteiger partial charge on any atom is -0.466 e. The van der Waals surface area contributed by atoms with Crippen LogP contribution in [0.5, 0.6) is 0 Å². The number of hydrogen-bond donors (Lipinski definition) is 2. The maximum Gasteiger partial charge on any atom is 0.433 e. The molecule has 1 aliphatic rings. The van der Waals surface area contributed by atoms with Crippen molar-refractivity contribution in [1.29, 1.82) is 0 Å². The number of esters is 1. The Morgan fingerprint density at radius 1 is 1.29 bits per heavy atom. The van der Waals surface area contributed by atoms with Gasteiger partial charge in [-0.05, 0) is 55.7 Å². The van der Waals surface area contributed by atoms with Gasteiger partial charge in [-0.3, -0.25) is 14.3 Å². The highest BCUT2D eigenvalue weighted by molar-refractivity contribution is 7.92. The largest absolute Gasteiger partial charge is 0.466 e. The van der Waals surface area contributed by atoms with E-state index in [0.717, 1.165) is 24.5 Å². The molecular formula is C27H28F4N4O5S. The van der Waals surface area contributed by atoms with Crippen molar-refractivity contribution in [1.82, 2.24) is 10.3 Å². The Labute approximate surface area is 235 Å². The molecule has 0 bridgehead atoms. The first-order valence-electron chi connectivity index (χ1n) is 12.4. The maximum atomic E-state index is 14.5. The van der Waals surface area contributed by atoms with E-state index in [1.165, 1.54) is 18.2 Å². The Morgan fingerprint density at radius 2 is 2.02 bits per heavy atom. The Kier molecular flexibility index (Phi) is 9.98. The lowest BCUT2D eigenvalue weighted by molar-refractivity contribution is -0.148. The van der Waals surface area contributed by atoms with E-state index in [9.17, 15) is 35.6 Å². The molecular weight excluding hydrogens is 568 g/mol. The first-order valence-corrected chi connectivity index (χ1v) is 14.3. The smallest absolute Gasteiger partial charge is 0.433 e. The third-order valence-corrected chi connectivity index (χ3v) is 6.59. The summed E-state index contributed by atoms with van der Waals surface area (Å²) in [4.78, 5) is 30.1. The van der Waals surface area contributed by atoms with Crippen LogP contribution in [0.15, 0.2) is 30.3 Å². The minimum atomic E-state index is -4.70. The molecule has 0 radical (unpaired) electrons. The molecule has 0 saturated carbocycles. The number of terminal acetylenes is 1. The number of carbonyl (C=O) groups excluding carboxylic acids is 2. The van der Waals surface area contributed by atoms with Crippen molar-refractivity contribution in [3.63, 3.8) is 0 Å². The zero-order valence-electron chi connectivity index (χ0n) is 22.2. The van der Waals surface area contributed by atoms with Gasteiger partial charge in [0.25, 0.3) is 0 Å². The molecule has 0 aliphatic carbocycles. The van der Waals surface area contributed by atoms with Crippen LogP contribution in [-0.4, -0.2) is 51.2 Å². The van der Waals surface area contributed by atoms with Gasteiger partial charge in [-0.1, -0.05) is 5.92 Å². The van der Waals surface area contributed by atoms with Gasteiger partial charge in [0.05, 0.1) is 30.0 Å². The third-order valence-electron chi connectivity index (χ3n) is 6.01. The van der Waals surface area contributed by atoms with Crippen LogP contribution in [0.2, 0.25) is 0 Å². The van der Waals surface area contributed by atoms with Crippen LogP contribution in [0.25, 0.3) is 6.08 Å². The molecule has 1 fully saturated rings. The van der Waals surface area contributed by atoms with Crippen molar-refractivity contribution in [2.75, 3.05) is 35.6 Å². The van der Waals surface area contributed by atoms with Crippen LogP contribution in [0.3, 0.4) is 0 Å². The summed E-state index contributed by atoms with van der Waals surface area (Å²) >= 11 is 0. The Morgan fingerprint density at radius 3 is 2.66 bits per heavy atom. The number of alkyl halides is 3. The zero-order valence-corrected chi connectivity index (χ0v) is 23.0. The number of sulfonamides is 1. The zero-order chi connectivity index (χ0) is 30.4. The fourth-order valence-corrected chi connectivity index (χ4v) is 4.78. The third kappa shape index (κ3) is 8.68. The highest BCUT2D eigenvalue weighted by atomic mass is 32.2. The summed E-state index contributed by atoms with van der Waals surface area (Å²) in [6, 6.07) is 4.32. The number of halogens is 4. The molecule has 1 unspecified atom stereocenters. The molecule has 14 heteroatoms. The average Bonchev–Trinajstić information content (AvgIpc) is 2.90. The van der Waals surface area contributed by atoms with Gasteiger partial charge in [-0.25, -0.2) is 17.8 Å². The molecule has 1 atom stereocenters. The molecule has 2 heterocycles.